The summed E-state index contributed by atoms with van der Waals surface area (Å²) in [5.74, 6) is 0.303. The normalized spacial score (nSPS) is 10.3. The molecule has 2 aromatic carbocycles. The van der Waals surface area contributed by atoms with E-state index in [0.29, 0.717) is 17.2 Å². The third-order valence-corrected chi connectivity index (χ3v) is 3.57. The van der Waals surface area contributed by atoms with E-state index in [0.717, 1.165) is 5.69 Å². The molecule has 0 bridgehead atoms. The quantitative estimate of drug-likeness (QED) is 0.746. The maximum atomic E-state index is 12.4. The summed E-state index contributed by atoms with van der Waals surface area (Å²) in [6, 6.07) is 14.2. The molecule has 0 radical (unpaired) electrons. The Morgan fingerprint density at radius 2 is 1.80 bits per heavy atom. The van der Waals surface area contributed by atoms with E-state index in [1.807, 2.05) is 30.3 Å². The van der Waals surface area contributed by atoms with Crippen molar-refractivity contribution in [1.82, 2.24) is 9.78 Å². The van der Waals surface area contributed by atoms with E-state index in [-0.39, 0.29) is 11.4 Å². The van der Waals surface area contributed by atoms with E-state index in [9.17, 15) is 9.90 Å². The Morgan fingerprint density at radius 3 is 2.48 bits per heavy atom. The second kappa shape index (κ2) is 6.96. The third-order valence-electron chi connectivity index (χ3n) is 3.57. The van der Waals surface area contributed by atoms with Crippen molar-refractivity contribution in [3.63, 3.8) is 0 Å². The lowest BCUT2D eigenvalue weighted by Gasteiger charge is -2.10. The molecule has 7 nitrogen and oxygen atoms in total. The van der Waals surface area contributed by atoms with E-state index >= 15 is 0 Å². The van der Waals surface area contributed by atoms with Gasteiger partial charge in [0.05, 0.1) is 26.1 Å². The maximum absolute atomic E-state index is 12.4. The van der Waals surface area contributed by atoms with Crippen molar-refractivity contribution in [2.45, 2.75) is 0 Å². The van der Waals surface area contributed by atoms with E-state index in [2.05, 4.69) is 10.4 Å². The van der Waals surface area contributed by atoms with Crippen molar-refractivity contribution in [2.75, 3.05) is 19.5 Å². The zero-order valence-corrected chi connectivity index (χ0v) is 13.8. The van der Waals surface area contributed by atoms with Crippen LogP contribution in [-0.2, 0) is 0 Å². The molecule has 0 saturated carbocycles. The molecule has 0 aliphatic rings. The van der Waals surface area contributed by atoms with Gasteiger partial charge in [-0.05, 0) is 24.3 Å². The van der Waals surface area contributed by atoms with Crippen LogP contribution in [0.2, 0.25) is 0 Å². The summed E-state index contributed by atoms with van der Waals surface area (Å²) in [5.41, 5.74) is 1.16. The number of benzene rings is 2. The standard InChI is InChI=1S/C18H17N3O4/c1-24-15-9-8-12(10-16(15)25-2)19-18(23)17-14(22)11-21(20-17)13-6-4-3-5-7-13/h3-11,22H,1-2H3,(H,19,23). The molecule has 3 rings (SSSR count). The number of nitrogens with zero attached hydrogens (tertiary/aromatic N) is 2. The Balaban J connectivity index is 1.83. The number of carbonyl (C=O) groups excluding carboxylic acids is 1. The van der Waals surface area contributed by atoms with Crippen molar-refractivity contribution in [1.29, 1.82) is 0 Å². The van der Waals surface area contributed by atoms with Gasteiger partial charge >= 0.3 is 0 Å². The summed E-state index contributed by atoms with van der Waals surface area (Å²) >= 11 is 0. The lowest BCUT2D eigenvalue weighted by Crippen LogP contribution is -2.13. The molecule has 0 fully saturated rings. The molecule has 25 heavy (non-hydrogen) atoms. The molecule has 1 amide bonds. The number of hydrogen-bond acceptors (Lipinski definition) is 5. The van der Waals surface area contributed by atoms with Crippen LogP contribution < -0.4 is 14.8 Å². The van der Waals surface area contributed by atoms with Gasteiger partial charge in [-0.15, -0.1) is 0 Å². The van der Waals surface area contributed by atoms with Gasteiger partial charge in [0.2, 0.25) is 0 Å². The minimum atomic E-state index is -0.528. The molecule has 0 atom stereocenters. The van der Waals surface area contributed by atoms with Crippen LogP contribution >= 0.6 is 0 Å². The van der Waals surface area contributed by atoms with Gasteiger partial charge in [-0.1, -0.05) is 18.2 Å². The van der Waals surface area contributed by atoms with Gasteiger partial charge < -0.3 is 19.9 Å². The molecule has 128 valence electrons. The number of rotatable bonds is 5. The summed E-state index contributed by atoms with van der Waals surface area (Å²) < 4.78 is 11.8. The number of nitrogens with one attached hydrogen (secondary N) is 1. The van der Waals surface area contributed by atoms with Gasteiger partial charge in [0.1, 0.15) is 0 Å². The number of aromatic hydroxyl groups is 1. The van der Waals surface area contributed by atoms with E-state index in [1.54, 1.807) is 18.2 Å². The van der Waals surface area contributed by atoms with Gasteiger partial charge in [0, 0.05) is 11.8 Å². The predicted molar refractivity (Wildman–Crippen MR) is 92.7 cm³/mol. The maximum Gasteiger partial charge on any atom is 0.280 e. The number of methoxy groups -OCH3 is 2. The van der Waals surface area contributed by atoms with Gasteiger partial charge in [0.25, 0.3) is 5.91 Å². The highest BCUT2D eigenvalue weighted by atomic mass is 16.5. The zero-order valence-electron chi connectivity index (χ0n) is 13.8. The van der Waals surface area contributed by atoms with Crippen LogP contribution in [0.25, 0.3) is 5.69 Å². The van der Waals surface area contributed by atoms with Crippen molar-refractivity contribution in [3.8, 4) is 22.9 Å². The summed E-state index contributed by atoms with van der Waals surface area (Å²) in [4.78, 5) is 12.4. The second-order valence-corrected chi connectivity index (χ2v) is 5.17. The molecule has 0 saturated heterocycles. The fraction of sp³-hybridized carbons (Fsp3) is 0.111. The van der Waals surface area contributed by atoms with Gasteiger partial charge in [-0.25, -0.2) is 4.68 Å². The number of ether oxygens (including phenoxy) is 2. The summed E-state index contributed by atoms with van der Waals surface area (Å²) in [7, 11) is 3.04. The van der Waals surface area contributed by atoms with Crippen molar-refractivity contribution in [3.05, 3.63) is 60.4 Å². The average Bonchev–Trinajstić information content (AvgIpc) is 3.04. The monoisotopic (exact) mass is 339 g/mol. The van der Waals surface area contributed by atoms with Gasteiger partial charge in [0.15, 0.2) is 22.9 Å². The molecular weight excluding hydrogens is 322 g/mol. The second-order valence-electron chi connectivity index (χ2n) is 5.17. The number of amides is 1. The SMILES string of the molecule is COc1ccc(NC(=O)c2nn(-c3ccccc3)cc2O)cc1OC. The van der Waals surface area contributed by atoms with Crippen molar-refractivity contribution < 1.29 is 19.4 Å². The molecule has 2 N–H and O–H groups in total. The highest BCUT2D eigenvalue weighted by Gasteiger charge is 2.18. The van der Waals surface area contributed by atoms with E-state index < -0.39 is 5.91 Å². The topological polar surface area (TPSA) is 85.6 Å². The summed E-state index contributed by atoms with van der Waals surface area (Å²) in [6.07, 6.45) is 1.39. The van der Waals surface area contributed by atoms with E-state index in [1.165, 1.54) is 25.1 Å². The molecule has 0 unspecified atom stereocenters. The predicted octanol–water partition coefficient (Wildman–Crippen LogP) is 2.85. The Labute approximate surface area is 144 Å². The summed E-state index contributed by atoms with van der Waals surface area (Å²) in [5, 5.41) is 16.9. The van der Waals surface area contributed by atoms with Crippen LogP contribution in [0.4, 0.5) is 5.69 Å². The lowest BCUT2D eigenvalue weighted by atomic mass is 10.2. The van der Waals surface area contributed by atoms with Crippen molar-refractivity contribution in [2.24, 2.45) is 0 Å². The van der Waals surface area contributed by atoms with Gasteiger partial charge in [-0.3, -0.25) is 4.79 Å². The minimum Gasteiger partial charge on any atom is -0.504 e. The number of aromatic nitrogens is 2. The Hall–Kier alpha value is -3.48. The molecule has 0 spiro atoms. The lowest BCUT2D eigenvalue weighted by molar-refractivity contribution is 0.101. The van der Waals surface area contributed by atoms with Gasteiger partial charge in [-0.2, -0.15) is 5.10 Å². The van der Waals surface area contributed by atoms with Crippen LogP contribution in [0.15, 0.2) is 54.7 Å². The Kier molecular flexibility index (Phi) is 4.56. The fourth-order valence-corrected chi connectivity index (χ4v) is 2.34. The van der Waals surface area contributed by atoms with Crippen LogP contribution in [-0.4, -0.2) is 35.0 Å². The first kappa shape index (κ1) is 16.4. The molecule has 7 heteroatoms. The Morgan fingerprint density at radius 1 is 1.08 bits per heavy atom. The Bertz CT molecular complexity index is 891. The van der Waals surface area contributed by atoms with Crippen LogP contribution in [0.5, 0.6) is 17.2 Å². The number of anilines is 1. The highest BCUT2D eigenvalue weighted by molar-refractivity contribution is 6.04. The molecule has 0 aliphatic heterocycles. The van der Waals surface area contributed by atoms with E-state index in [4.69, 9.17) is 9.47 Å². The molecule has 1 aromatic heterocycles. The minimum absolute atomic E-state index is 0.0707. The molecule has 3 aromatic rings. The van der Waals surface area contributed by atoms with Crippen LogP contribution in [0, 0.1) is 0 Å². The molecular formula is C18H17N3O4. The third kappa shape index (κ3) is 3.40. The largest absolute Gasteiger partial charge is 0.504 e. The zero-order chi connectivity index (χ0) is 17.8. The molecule has 1 heterocycles. The average molecular weight is 339 g/mol. The number of carbonyl (C=O) groups is 1. The first-order valence-corrected chi connectivity index (χ1v) is 7.50. The number of hydrogen-bond donors (Lipinski definition) is 2. The van der Waals surface area contributed by atoms with Crippen LogP contribution in [0.3, 0.4) is 0 Å². The highest BCUT2D eigenvalue weighted by Crippen LogP contribution is 2.30. The van der Waals surface area contributed by atoms with Crippen LogP contribution in [0.1, 0.15) is 10.5 Å². The smallest absolute Gasteiger partial charge is 0.280 e. The fourth-order valence-electron chi connectivity index (χ4n) is 2.34. The first-order valence-electron chi connectivity index (χ1n) is 7.50. The number of para-hydroxylation sites is 1. The molecule has 0 aliphatic carbocycles. The van der Waals surface area contributed by atoms with Crippen molar-refractivity contribution >= 4 is 11.6 Å². The summed E-state index contributed by atoms with van der Waals surface area (Å²) in [6.45, 7) is 0. The first-order chi connectivity index (χ1) is 12.1.